The Bertz CT molecular complexity index is 2200. The molecule has 5 aromatic rings. The SMILES string of the molecule is CNC(=O)C(CCC=O)N1Cc2cc(N3CCN(CCCOc4ccc(Oc5c(-c6ccc(C(F)(F)F)cc6)sc6cc(O)ccc56)cc4)CC3)ccc2C1=O. The first-order valence-electron chi connectivity index (χ1n) is 18.4. The van der Waals surface area contributed by atoms with Crippen molar-refractivity contribution in [3.8, 4) is 33.4 Å². The van der Waals surface area contributed by atoms with Crippen LogP contribution in [0.2, 0.25) is 0 Å². The first-order chi connectivity index (χ1) is 27.0. The monoisotopic (exact) mass is 786 g/mol. The quantitative estimate of drug-likeness (QED) is 0.0870. The van der Waals surface area contributed by atoms with Crippen LogP contribution in [0.4, 0.5) is 18.9 Å². The maximum absolute atomic E-state index is 13.2. The van der Waals surface area contributed by atoms with E-state index in [2.05, 4.69) is 15.1 Å². The van der Waals surface area contributed by atoms with E-state index in [1.54, 1.807) is 35.2 Å². The Morgan fingerprint density at radius 1 is 0.964 bits per heavy atom. The molecule has 4 aromatic carbocycles. The molecule has 10 nitrogen and oxygen atoms in total. The fourth-order valence-electron chi connectivity index (χ4n) is 7.19. The number of aldehydes is 1. The van der Waals surface area contributed by atoms with Gasteiger partial charge in [-0.2, -0.15) is 13.2 Å². The number of nitrogens with one attached hydrogen (secondary N) is 1. The molecule has 1 unspecified atom stereocenters. The number of alkyl halides is 3. The molecule has 3 heterocycles. The molecule has 0 saturated carbocycles. The van der Waals surface area contributed by atoms with E-state index in [-0.39, 0.29) is 30.4 Å². The highest BCUT2D eigenvalue weighted by Crippen LogP contribution is 2.47. The van der Waals surface area contributed by atoms with Crippen LogP contribution in [-0.2, 0) is 22.3 Å². The molecule has 7 rings (SSSR count). The van der Waals surface area contributed by atoms with Crippen molar-refractivity contribution in [2.45, 2.75) is 38.0 Å². The molecule has 2 aliphatic heterocycles. The zero-order chi connectivity index (χ0) is 39.4. The molecular weight excluding hydrogens is 746 g/mol. The molecular formula is C42H41F3N4O6S. The van der Waals surface area contributed by atoms with Crippen LogP contribution in [0, 0.1) is 0 Å². The third kappa shape index (κ3) is 8.46. The Morgan fingerprint density at radius 3 is 2.39 bits per heavy atom. The number of benzene rings is 4. The van der Waals surface area contributed by atoms with E-state index in [1.165, 1.54) is 30.5 Å². The third-order valence-electron chi connectivity index (χ3n) is 10.2. The minimum atomic E-state index is -4.44. The van der Waals surface area contributed by atoms with Crippen molar-refractivity contribution in [1.29, 1.82) is 0 Å². The van der Waals surface area contributed by atoms with E-state index < -0.39 is 17.8 Å². The van der Waals surface area contributed by atoms with Crippen molar-refractivity contribution in [2.75, 3.05) is 51.3 Å². The number of carbonyl (C=O) groups is 3. The van der Waals surface area contributed by atoms with Crippen molar-refractivity contribution < 1.29 is 42.1 Å². The van der Waals surface area contributed by atoms with Gasteiger partial charge in [0.2, 0.25) is 5.91 Å². The number of carbonyl (C=O) groups excluding carboxylic acids is 3. The number of phenolic OH excluding ortho intramolecular Hbond substituents is 1. The number of fused-ring (bicyclic) bond motifs is 2. The summed E-state index contributed by atoms with van der Waals surface area (Å²) in [6.45, 7) is 5.15. The minimum Gasteiger partial charge on any atom is -0.508 e. The summed E-state index contributed by atoms with van der Waals surface area (Å²) in [5, 5.41) is 13.4. The third-order valence-corrected chi connectivity index (χ3v) is 11.4. The number of phenols is 1. The van der Waals surface area contributed by atoms with E-state index in [1.807, 2.05) is 30.3 Å². The topological polar surface area (TPSA) is 112 Å². The summed E-state index contributed by atoms with van der Waals surface area (Å²) in [6, 6.07) is 22.2. The normalized spacial score (nSPS) is 15.2. The van der Waals surface area contributed by atoms with Gasteiger partial charge >= 0.3 is 6.18 Å². The molecule has 56 heavy (non-hydrogen) atoms. The predicted molar refractivity (Wildman–Crippen MR) is 209 cm³/mol. The molecule has 2 aliphatic rings. The lowest BCUT2D eigenvalue weighted by Gasteiger charge is -2.36. The van der Waals surface area contributed by atoms with Gasteiger partial charge in [-0.1, -0.05) is 12.1 Å². The fourth-order valence-corrected chi connectivity index (χ4v) is 8.36. The van der Waals surface area contributed by atoms with Crippen LogP contribution < -0.4 is 19.7 Å². The number of thiophene rings is 1. The molecule has 1 atom stereocenters. The molecule has 1 saturated heterocycles. The van der Waals surface area contributed by atoms with Gasteiger partial charge < -0.3 is 34.5 Å². The van der Waals surface area contributed by atoms with Gasteiger partial charge in [-0.3, -0.25) is 14.5 Å². The average molecular weight is 787 g/mol. The highest BCUT2D eigenvalue weighted by Gasteiger charge is 2.36. The number of hydrogen-bond donors (Lipinski definition) is 2. The summed E-state index contributed by atoms with van der Waals surface area (Å²) >= 11 is 1.33. The van der Waals surface area contributed by atoms with Gasteiger partial charge in [-0.25, -0.2) is 0 Å². The van der Waals surface area contributed by atoms with Crippen LogP contribution in [-0.4, -0.2) is 85.4 Å². The van der Waals surface area contributed by atoms with Gasteiger partial charge in [0.25, 0.3) is 5.91 Å². The van der Waals surface area contributed by atoms with Crippen molar-refractivity contribution >= 4 is 45.2 Å². The van der Waals surface area contributed by atoms with Gasteiger partial charge in [-0.15, -0.1) is 11.3 Å². The number of rotatable bonds is 14. The molecule has 2 N–H and O–H groups in total. The van der Waals surface area contributed by atoms with Crippen LogP contribution in [0.15, 0.2) is 84.9 Å². The van der Waals surface area contributed by atoms with E-state index in [9.17, 15) is 32.7 Å². The summed E-state index contributed by atoms with van der Waals surface area (Å²) in [4.78, 5) is 43.6. The van der Waals surface area contributed by atoms with E-state index in [0.29, 0.717) is 46.4 Å². The molecule has 1 aromatic heterocycles. The largest absolute Gasteiger partial charge is 0.508 e. The van der Waals surface area contributed by atoms with Crippen molar-refractivity contribution in [3.05, 3.63) is 102 Å². The highest BCUT2D eigenvalue weighted by molar-refractivity contribution is 7.22. The van der Waals surface area contributed by atoms with Gasteiger partial charge in [0.15, 0.2) is 5.75 Å². The summed E-state index contributed by atoms with van der Waals surface area (Å²) in [6.07, 6.45) is -2.36. The number of amides is 2. The molecule has 14 heteroatoms. The number of nitrogens with zero attached hydrogens (tertiary/aromatic N) is 3. The Labute approximate surface area is 326 Å². The summed E-state index contributed by atoms with van der Waals surface area (Å²) in [5.41, 5.74) is 2.37. The van der Waals surface area contributed by atoms with Crippen molar-refractivity contribution in [1.82, 2.24) is 15.1 Å². The standard InChI is InChI=1S/C42H41F3N4O6S/c1-46-40(52)36(4-2-22-50)49-26-28-24-30(9-15-34(28)41(49)53)48-20-18-47(19-21-48)17-3-23-54-32-11-13-33(14-12-32)55-38-35-16-10-31(51)25-37(35)56-39(38)27-5-7-29(8-6-27)42(43,44)45/h5-16,22,24-25,36,51H,2-4,17-21,23,26H2,1H3,(H,46,52). The Balaban J connectivity index is 0.895. The van der Waals surface area contributed by atoms with Crippen LogP contribution in [0.5, 0.6) is 23.0 Å². The van der Waals surface area contributed by atoms with Crippen molar-refractivity contribution in [3.63, 3.8) is 0 Å². The molecule has 0 aliphatic carbocycles. The molecule has 0 spiro atoms. The average Bonchev–Trinajstić information content (AvgIpc) is 3.72. The lowest BCUT2D eigenvalue weighted by molar-refractivity contribution is -0.137. The van der Waals surface area contributed by atoms with E-state index in [4.69, 9.17) is 9.47 Å². The lowest BCUT2D eigenvalue weighted by atomic mass is 10.1. The van der Waals surface area contributed by atoms with Gasteiger partial charge in [0.1, 0.15) is 29.6 Å². The number of hydrogen-bond acceptors (Lipinski definition) is 9. The Hall–Kier alpha value is -5.60. The Morgan fingerprint density at radius 2 is 1.70 bits per heavy atom. The molecule has 0 radical (unpaired) electrons. The Kier molecular flexibility index (Phi) is 11.5. The maximum atomic E-state index is 13.2. The second-order valence-electron chi connectivity index (χ2n) is 13.8. The van der Waals surface area contributed by atoms with Crippen LogP contribution in [0.1, 0.15) is 40.7 Å². The zero-order valence-corrected chi connectivity index (χ0v) is 31.5. The zero-order valence-electron chi connectivity index (χ0n) is 30.7. The van der Waals surface area contributed by atoms with Gasteiger partial charge in [-0.05, 0) is 96.8 Å². The van der Waals surface area contributed by atoms with E-state index >= 15 is 0 Å². The summed E-state index contributed by atoms with van der Waals surface area (Å²) < 4.78 is 52.7. The van der Waals surface area contributed by atoms with Gasteiger partial charge in [0, 0.05) is 74.1 Å². The van der Waals surface area contributed by atoms with E-state index in [0.717, 1.165) is 78.9 Å². The summed E-state index contributed by atoms with van der Waals surface area (Å²) in [5.74, 6) is 1.33. The van der Waals surface area contributed by atoms with Crippen LogP contribution in [0.3, 0.4) is 0 Å². The number of aromatic hydroxyl groups is 1. The number of ether oxygens (including phenoxy) is 2. The fraction of sp³-hybridized carbons (Fsp3) is 0.310. The maximum Gasteiger partial charge on any atom is 0.416 e. The lowest BCUT2D eigenvalue weighted by Crippen LogP contribution is -2.46. The van der Waals surface area contributed by atoms with Crippen molar-refractivity contribution in [2.24, 2.45) is 0 Å². The smallest absolute Gasteiger partial charge is 0.416 e. The first kappa shape index (κ1) is 38.7. The minimum absolute atomic E-state index is 0.0828. The second kappa shape index (κ2) is 16.6. The van der Waals surface area contributed by atoms with Gasteiger partial charge in [0.05, 0.1) is 17.0 Å². The molecule has 2 amide bonds. The number of piperazine rings is 1. The number of halogens is 3. The highest BCUT2D eigenvalue weighted by atomic mass is 32.1. The predicted octanol–water partition coefficient (Wildman–Crippen LogP) is 7.73. The molecule has 1 fully saturated rings. The molecule has 0 bridgehead atoms. The number of anilines is 1. The summed E-state index contributed by atoms with van der Waals surface area (Å²) in [7, 11) is 1.53. The van der Waals surface area contributed by atoms with Crippen LogP contribution in [0.25, 0.3) is 20.5 Å². The first-order valence-corrected chi connectivity index (χ1v) is 19.2. The second-order valence-corrected chi connectivity index (χ2v) is 14.8. The molecule has 292 valence electrons. The number of likely N-dealkylation sites (N-methyl/N-ethyl adjacent to an activating group) is 1. The van der Waals surface area contributed by atoms with Crippen LogP contribution >= 0.6 is 11.3 Å².